The molecule has 1 saturated carbocycles. The van der Waals surface area contributed by atoms with Gasteiger partial charge < -0.3 is 4.74 Å². The summed E-state index contributed by atoms with van der Waals surface area (Å²) in [5.74, 6) is 6.60. The van der Waals surface area contributed by atoms with E-state index in [4.69, 9.17) is 11.2 Å². The summed E-state index contributed by atoms with van der Waals surface area (Å²) in [7, 11) is 1.81. The lowest BCUT2D eigenvalue weighted by molar-refractivity contribution is 0.0587. The minimum atomic E-state index is 0.288. The molecule has 0 bridgehead atoms. The molecule has 0 saturated heterocycles. The Morgan fingerprint density at radius 2 is 2.18 bits per heavy atom. The Morgan fingerprint density at radius 3 is 2.95 bits per heavy atom. The first kappa shape index (κ1) is 14.2. The normalized spacial score (nSPS) is 40.0. The second-order valence-electron chi connectivity index (χ2n) is 7.75. The van der Waals surface area contributed by atoms with Crippen LogP contribution >= 0.6 is 0 Å². The average Bonchev–Trinajstić information content (AvgIpc) is 2.90. The fourth-order valence-electron chi connectivity index (χ4n) is 5.84. The number of methoxy groups -OCH3 is 1. The summed E-state index contributed by atoms with van der Waals surface area (Å²) in [6.45, 7) is 2.43. The summed E-state index contributed by atoms with van der Waals surface area (Å²) in [6, 6.07) is 0. The molecule has 0 radical (unpaired) electrons. The number of rotatable bonds is 1. The molecule has 0 aliphatic heterocycles. The highest BCUT2D eigenvalue weighted by Gasteiger charge is 2.51. The molecule has 1 fully saturated rings. The highest BCUT2D eigenvalue weighted by atomic mass is 16.5. The largest absolute Gasteiger partial charge is 0.501 e. The van der Waals surface area contributed by atoms with Crippen LogP contribution in [0.3, 0.4) is 0 Å². The third kappa shape index (κ3) is 1.86. The van der Waals surface area contributed by atoms with E-state index in [1.165, 1.54) is 43.4 Å². The maximum absolute atomic E-state index is 5.78. The topological polar surface area (TPSA) is 9.23 Å². The molecule has 22 heavy (non-hydrogen) atoms. The molecule has 116 valence electrons. The van der Waals surface area contributed by atoms with Crippen LogP contribution in [0.4, 0.5) is 0 Å². The van der Waals surface area contributed by atoms with Gasteiger partial charge >= 0.3 is 0 Å². The smallest absolute Gasteiger partial charge is 0.0959 e. The summed E-state index contributed by atoms with van der Waals surface area (Å²) in [5.41, 5.74) is 5.03. The van der Waals surface area contributed by atoms with E-state index in [-0.39, 0.29) is 5.41 Å². The third-order valence-corrected chi connectivity index (χ3v) is 7.05. The van der Waals surface area contributed by atoms with E-state index >= 15 is 0 Å². The van der Waals surface area contributed by atoms with Gasteiger partial charge in [-0.05, 0) is 62.4 Å². The quantitative estimate of drug-likeness (QED) is 0.488. The summed E-state index contributed by atoms with van der Waals surface area (Å²) >= 11 is 0. The van der Waals surface area contributed by atoms with Crippen molar-refractivity contribution in [2.24, 2.45) is 23.2 Å². The number of hydrogen-bond acceptors (Lipinski definition) is 1. The molecule has 4 rings (SSSR count). The van der Waals surface area contributed by atoms with Crippen LogP contribution in [-0.4, -0.2) is 7.11 Å². The molecular weight excluding hydrogens is 268 g/mol. The van der Waals surface area contributed by atoms with Crippen molar-refractivity contribution in [1.29, 1.82) is 0 Å². The first-order valence-electron chi connectivity index (χ1n) is 8.78. The van der Waals surface area contributed by atoms with Crippen LogP contribution in [0.5, 0.6) is 0 Å². The highest BCUT2D eigenvalue weighted by molar-refractivity contribution is 5.40. The van der Waals surface area contributed by atoms with Gasteiger partial charge in [0.15, 0.2) is 0 Å². The van der Waals surface area contributed by atoms with Crippen LogP contribution < -0.4 is 0 Å². The van der Waals surface area contributed by atoms with Crippen molar-refractivity contribution in [1.82, 2.24) is 0 Å². The van der Waals surface area contributed by atoms with Crippen molar-refractivity contribution in [3.05, 3.63) is 34.6 Å². The summed E-state index contributed by atoms with van der Waals surface area (Å²) in [5, 5.41) is 0. The minimum Gasteiger partial charge on any atom is -0.501 e. The SMILES string of the molecule is C#CC1=CCC2C3CCC4=C(CC=C(OC)C4)C3CCC12C. The molecule has 1 nitrogen and oxygen atoms in total. The van der Waals surface area contributed by atoms with Crippen molar-refractivity contribution in [2.45, 2.75) is 51.9 Å². The van der Waals surface area contributed by atoms with E-state index in [2.05, 4.69) is 25.0 Å². The molecule has 1 heteroatoms. The fraction of sp³-hybridized carbons (Fsp3) is 0.619. The highest BCUT2D eigenvalue weighted by Crippen LogP contribution is 2.61. The molecule has 0 heterocycles. The number of fused-ring (bicyclic) bond motifs is 4. The van der Waals surface area contributed by atoms with Gasteiger partial charge in [-0.15, -0.1) is 6.42 Å². The molecule has 0 amide bonds. The second kappa shape index (κ2) is 5.05. The Labute approximate surface area is 134 Å². The summed E-state index contributed by atoms with van der Waals surface area (Å²) in [6.07, 6.45) is 19.1. The molecule has 0 N–H and O–H groups in total. The first-order chi connectivity index (χ1) is 10.7. The summed E-state index contributed by atoms with van der Waals surface area (Å²) < 4.78 is 5.49. The van der Waals surface area contributed by atoms with Gasteiger partial charge in [0.25, 0.3) is 0 Å². The Bertz CT molecular complexity index is 627. The van der Waals surface area contributed by atoms with Gasteiger partial charge in [0.05, 0.1) is 12.9 Å². The van der Waals surface area contributed by atoms with E-state index in [0.717, 1.165) is 30.6 Å². The average molecular weight is 294 g/mol. The Morgan fingerprint density at radius 1 is 1.32 bits per heavy atom. The zero-order chi connectivity index (χ0) is 15.3. The lowest BCUT2D eigenvalue weighted by atomic mass is 9.53. The molecule has 0 spiro atoms. The lowest BCUT2D eigenvalue weighted by Crippen LogP contribution is -2.42. The van der Waals surface area contributed by atoms with Gasteiger partial charge in [-0.3, -0.25) is 0 Å². The van der Waals surface area contributed by atoms with E-state index in [0.29, 0.717) is 0 Å². The molecule has 4 atom stereocenters. The van der Waals surface area contributed by atoms with Crippen LogP contribution in [0, 0.1) is 35.5 Å². The van der Waals surface area contributed by atoms with Gasteiger partial charge in [0.1, 0.15) is 0 Å². The molecular formula is C21H26O. The third-order valence-electron chi connectivity index (χ3n) is 7.05. The van der Waals surface area contributed by atoms with E-state index < -0.39 is 0 Å². The standard InChI is InChI=1S/C21H26O/c1-4-15-6-10-20-19-8-5-14-13-16(22-3)7-9-17(14)18(19)11-12-21(15,20)2/h1,6-7,18-20H,5,8-13H2,2-3H3. The van der Waals surface area contributed by atoms with Gasteiger partial charge in [-0.2, -0.15) is 0 Å². The predicted molar refractivity (Wildman–Crippen MR) is 89.9 cm³/mol. The molecule has 4 unspecified atom stereocenters. The zero-order valence-corrected chi connectivity index (χ0v) is 13.8. The predicted octanol–water partition coefficient (Wildman–Crippen LogP) is 5.01. The van der Waals surface area contributed by atoms with E-state index in [9.17, 15) is 0 Å². The van der Waals surface area contributed by atoms with Crippen molar-refractivity contribution in [3.63, 3.8) is 0 Å². The van der Waals surface area contributed by atoms with Gasteiger partial charge in [-0.25, -0.2) is 0 Å². The van der Waals surface area contributed by atoms with Gasteiger partial charge in [0.2, 0.25) is 0 Å². The maximum atomic E-state index is 5.78. The van der Waals surface area contributed by atoms with Crippen molar-refractivity contribution < 1.29 is 4.74 Å². The lowest BCUT2D eigenvalue weighted by Gasteiger charge is -2.51. The Kier molecular flexibility index (Phi) is 3.26. The number of allylic oxidation sites excluding steroid dienone is 5. The van der Waals surface area contributed by atoms with Crippen molar-refractivity contribution >= 4 is 0 Å². The molecule has 0 aromatic rings. The van der Waals surface area contributed by atoms with Crippen LogP contribution in [0.2, 0.25) is 0 Å². The van der Waals surface area contributed by atoms with Gasteiger partial charge in [-0.1, -0.05) is 30.1 Å². The molecule has 0 aromatic heterocycles. The fourth-order valence-corrected chi connectivity index (χ4v) is 5.84. The van der Waals surface area contributed by atoms with Crippen molar-refractivity contribution in [3.8, 4) is 12.3 Å². The first-order valence-corrected chi connectivity index (χ1v) is 8.78. The van der Waals surface area contributed by atoms with Crippen LogP contribution in [0.25, 0.3) is 0 Å². The van der Waals surface area contributed by atoms with Crippen LogP contribution in [0.15, 0.2) is 34.6 Å². The Hall–Kier alpha value is -1.42. The van der Waals surface area contributed by atoms with E-state index in [1.54, 1.807) is 18.3 Å². The second-order valence-corrected chi connectivity index (χ2v) is 7.75. The molecule has 0 aromatic carbocycles. The maximum Gasteiger partial charge on any atom is 0.0959 e. The number of terminal acetylenes is 1. The zero-order valence-electron chi connectivity index (χ0n) is 13.8. The van der Waals surface area contributed by atoms with Crippen LogP contribution in [0.1, 0.15) is 51.9 Å². The summed E-state index contributed by atoms with van der Waals surface area (Å²) in [4.78, 5) is 0. The number of ether oxygens (including phenoxy) is 1. The number of hydrogen-bond donors (Lipinski definition) is 0. The van der Waals surface area contributed by atoms with E-state index in [1.807, 2.05) is 0 Å². The molecule has 4 aliphatic rings. The van der Waals surface area contributed by atoms with Crippen LogP contribution in [-0.2, 0) is 4.74 Å². The molecule has 4 aliphatic carbocycles. The van der Waals surface area contributed by atoms with Gasteiger partial charge in [0, 0.05) is 17.4 Å². The Balaban J connectivity index is 1.61. The monoisotopic (exact) mass is 294 g/mol. The minimum absolute atomic E-state index is 0.288. The van der Waals surface area contributed by atoms with Crippen molar-refractivity contribution in [2.75, 3.05) is 7.11 Å².